The second kappa shape index (κ2) is 68.2. The summed E-state index contributed by atoms with van der Waals surface area (Å²) in [6.45, 7) is 14.2. The molecule has 0 aromatic heterocycles. The fourth-order valence-corrected chi connectivity index (χ4v) is 13.6. The van der Waals surface area contributed by atoms with Crippen molar-refractivity contribution < 1.29 is 80.2 Å². The zero-order valence-electron chi connectivity index (χ0n) is 64.4. The van der Waals surface area contributed by atoms with Gasteiger partial charge in [0, 0.05) is 25.7 Å². The van der Waals surface area contributed by atoms with Gasteiger partial charge < -0.3 is 33.8 Å². The van der Waals surface area contributed by atoms with E-state index in [1.54, 1.807) is 0 Å². The van der Waals surface area contributed by atoms with Crippen LogP contribution < -0.4 is 0 Å². The van der Waals surface area contributed by atoms with Crippen molar-refractivity contribution in [2.24, 2.45) is 23.7 Å². The number of hydrogen-bond acceptors (Lipinski definition) is 15. The molecule has 0 spiro atoms. The molecule has 0 amide bonds. The standard InChI is InChI=1S/C79H154O17P2/c1-9-72(8)58-50-42-37-38-46-54-62-79(84)96-75(66-90-77(82)60-52-44-36-30-33-41-49-57-71(6)7)68-94-98(87,88)92-64-73(80)63-91-97(85,86)93-67-74(65-89-76(81)59-51-43-34-28-24-20-17-16-19-23-27-32-40-48-56-70(4)5)95-78(83)61-53-45-35-29-25-21-15-13-11-10-12-14-18-22-26-31-39-47-55-69(2)3/h69-75,80H,9-68H2,1-8H3,(H,85,86)(H,87,88)/t72?,73?,74-,75-/m1/s1. The molecule has 17 nitrogen and oxygen atoms in total. The fourth-order valence-electron chi connectivity index (χ4n) is 12.0. The summed E-state index contributed by atoms with van der Waals surface area (Å²) in [6, 6.07) is 0. The van der Waals surface area contributed by atoms with E-state index in [1.807, 2.05) is 0 Å². The van der Waals surface area contributed by atoms with Gasteiger partial charge in [0.15, 0.2) is 12.2 Å². The number of rotatable bonds is 76. The lowest BCUT2D eigenvalue weighted by Crippen LogP contribution is -2.30. The molecule has 0 aliphatic heterocycles. The van der Waals surface area contributed by atoms with Gasteiger partial charge in [-0.05, 0) is 49.4 Å². The first-order valence-corrected chi connectivity index (χ1v) is 43.7. The van der Waals surface area contributed by atoms with Crippen LogP contribution in [0.3, 0.4) is 0 Å². The van der Waals surface area contributed by atoms with Crippen molar-refractivity contribution in [2.75, 3.05) is 39.6 Å². The molecule has 6 atom stereocenters. The summed E-state index contributed by atoms with van der Waals surface area (Å²) in [6.07, 6.45) is 54.4. The van der Waals surface area contributed by atoms with Crippen LogP contribution in [0.15, 0.2) is 0 Å². The van der Waals surface area contributed by atoms with Crippen LogP contribution in [-0.4, -0.2) is 96.7 Å². The molecule has 0 rings (SSSR count). The van der Waals surface area contributed by atoms with E-state index in [2.05, 4.69) is 55.4 Å². The average Bonchev–Trinajstić information content (AvgIpc) is 1.01. The number of carbonyl (C=O) groups excluding carboxylic acids is 4. The van der Waals surface area contributed by atoms with Crippen molar-refractivity contribution in [1.29, 1.82) is 0 Å². The maximum Gasteiger partial charge on any atom is 0.472 e. The van der Waals surface area contributed by atoms with Gasteiger partial charge in [-0.15, -0.1) is 0 Å². The van der Waals surface area contributed by atoms with Crippen LogP contribution in [0, 0.1) is 23.7 Å². The lowest BCUT2D eigenvalue weighted by molar-refractivity contribution is -0.161. The third-order valence-electron chi connectivity index (χ3n) is 18.7. The predicted octanol–water partition coefficient (Wildman–Crippen LogP) is 23.2. The highest BCUT2D eigenvalue weighted by Crippen LogP contribution is 2.45. The molecule has 0 saturated carbocycles. The molecule has 0 saturated heterocycles. The number of hydrogen-bond donors (Lipinski definition) is 3. The molecule has 0 aliphatic rings. The van der Waals surface area contributed by atoms with E-state index in [-0.39, 0.29) is 25.7 Å². The molecule has 3 N–H and O–H groups in total. The van der Waals surface area contributed by atoms with Gasteiger partial charge in [0.1, 0.15) is 19.3 Å². The first kappa shape index (κ1) is 96.1. The quantitative estimate of drug-likeness (QED) is 0.0222. The third kappa shape index (κ3) is 71.1. The lowest BCUT2D eigenvalue weighted by Gasteiger charge is -2.21. The van der Waals surface area contributed by atoms with Crippen LogP contribution in [0.2, 0.25) is 0 Å². The van der Waals surface area contributed by atoms with Gasteiger partial charge >= 0.3 is 39.5 Å². The van der Waals surface area contributed by atoms with Gasteiger partial charge in [-0.2, -0.15) is 0 Å². The van der Waals surface area contributed by atoms with Crippen molar-refractivity contribution in [2.45, 2.75) is 420 Å². The number of phosphoric acid groups is 2. The maximum absolute atomic E-state index is 13.1. The first-order valence-electron chi connectivity index (χ1n) is 40.7. The minimum atomic E-state index is -4.96. The Kier molecular flexibility index (Phi) is 66.8. The average molecular weight is 1440 g/mol. The van der Waals surface area contributed by atoms with Crippen molar-refractivity contribution >= 4 is 39.5 Å². The summed E-state index contributed by atoms with van der Waals surface area (Å²) in [4.78, 5) is 72.9. The molecule has 98 heavy (non-hydrogen) atoms. The zero-order chi connectivity index (χ0) is 72.4. The Hall–Kier alpha value is -1.94. The van der Waals surface area contributed by atoms with E-state index >= 15 is 0 Å². The van der Waals surface area contributed by atoms with Gasteiger partial charge in [-0.3, -0.25) is 37.3 Å². The Bertz CT molecular complexity index is 1920. The molecule has 19 heteroatoms. The van der Waals surface area contributed by atoms with Crippen LogP contribution in [0.5, 0.6) is 0 Å². The Labute approximate surface area is 600 Å². The number of aliphatic hydroxyl groups is 1. The highest BCUT2D eigenvalue weighted by Gasteiger charge is 2.30. The van der Waals surface area contributed by atoms with Gasteiger partial charge in [0.05, 0.1) is 26.4 Å². The molecule has 582 valence electrons. The van der Waals surface area contributed by atoms with Crippen LogP contribution >= 0.6 is 15.6 Å². The van der Waals surface area contributed by atoms with E-state index in [0.717, 1.165) is 114 Å². The highest BCUT2D eigenvalue weighted by molar-refractivity contribution is 7.47. The van der Waals surface area contributed by atoms with Crippen LogP contribution in [-0.2, 0) is 65.4 Å². The number of aliphatic hydroxyl groups excluding tert-OH is 1. The Morgan fingerprint density at radius 1 is 0.286 bits per heavy atom. The lowest BCUT2D eigenvalue weighted by atomic mass is 10.00. The van der Waals surface area contributed by atoms with Crippen molar-refractivity contribution in [3.63, 3.8) is 0 Å². The van der Waals surface area contributed by atoms with E-state index in [0.29, 0.717) is 31.6 Å². The Morgan fingerprint density at radius 3 is 0.724 bits per heavy atom. The maximum atomic E-state index is 13.1. The second-order valence-corrected chi connectivity index (χ2v) is 33.0. The summed E-state index contributed by atoms with van der Waals surface area (Å²) in [5.41, 5.74) is 0. The molecule has 0 aromatic rings. The van der Waals surface area contributed by atoms with E-state index in [1.165, 1.54) is 199 Å². The Balaban J connectivity index is 5.20. The highest BCUT2D eigenvalue weighted by atomic mass is 31.2. The van der Waals surface area contributed by atoms with Crippen LogP contribution in [0.25, 0.3) is 0 Å². The SMILES string of the molecule is CCC(C)CCCCCCCCC(=O)O[C@H](COC(=O)CCCCCCCCCC(C)C)COP(=O)(O)OCC(O)COP(=O)(O)OC[C@@H](COC(=O)CCCCCCCCCCCCCCCCC(C)C)OC(=O)CCCCCCCCCCCCCCCCCCCCC(C)C. The zero-order valence-corrected chi connectivity index (χ0v) is 66.2. The number of carbonyl (C=O) groups is 4. The molecule has 0 radical (unpaired) electrons. The van der Waals surface area contributed by atoms with Crippen molar-refractivity contribution in [1.82, 2.24) is 0 Å². The molecule has 0 aromatic carbocycles. The molecular weight excluding hydrogens is 1280 g/mol. The van der Waals surface area contributed by atoms with Gasteiger partial charge in [0.2, 0.25) is 0 Å². The monoisotopic (exact) mass is 1440 g/mol. The second-order valence-electron chi connectivity index (χ2n) is 30.1. The van der Waals surface area contributed by atoms with E-state index in [9.17, 15) is 43.2 Å². The van der Waals surface area contributed by atoms with Crippen molar-refractivity contribution in [3.05, 3.63) is 0 Å². The molecule has 0 bridgehead atoms. The summed E-state index contributed by atoms with van der Waals surface area (Å²) in [7, 11) is -9.92. The van der Waals surface area contributed by atoms with Gasteiger partial charge in [-0.25, -0.2) is 9.13 Å². The van der Waals surface area contributed by atoms with Crippen LogP contribution in [0.4, 0.5) is 0 Å². The van der Waals surface area contributed by atoms with Gasteiger partial charge in [-0.1, -0.05) is 351 Å². The van der Waals surface area contributed by atoms with E-state index in [4.69, 9.17) is 37.0 Å². The minimum absolute atomic E-state index is 0.102. The summed E-state index contributed by atoms with van der Waals surface area (Å²) in [5, 5.41) is 10.6. The number of ether oxygens (including phenoxy) is 4. The minimum Gasteiger partial charge on any atom is -0.462 e. The summed E-state index contributed by atoms with van der Waals surface area (Å²) >= 11 is 0. The largest absolute Gasteiger partial charge is 0.472 e. The molecular formula is C79H154O17P2. The van der Waals surface area contributed by atoms with Crippen LogP contribution in [0.1, 0.15) is 402 Å². The van der Waals surface area contributed by atoms with Gasteiger partial charge in [0.25, 0.3) is 0 Å². The molecule has 0 heterocycles. The third-order valence-corrected chi connectivity index (χ3v) is 20.6. The fraction of sp³-hybridized carbons (Fsp3) is 0.949. The summed E-state index contributed by atoms with van der Waals surface area (Å²) in [5.74, 6) is 0.923. The topological polar surface area (TPSA) is 237 Å². The summed E-state index contributed by atoms with van der Waals surface area (Å²) < 4.78 is 68.6. The smallest absolute Gasteiger partial charge is 0.462 e. The number of unbranched alkanes of at least 4 members (excludes halogenated alkanes) is 41. The Morgan fingerprint density at radius 2 is 0.490 bits per heavy atom. The predicted molar refractivity (Wildman–Crippen MR) is 400 cm³/mol. The van der Waals surface area contributed by atoms with E-state index < -0.39 is 97.5 Å². The molecule has 4 unspecified atom stereocenters. The first-order chi connectivity index (χ1) is 47.1. The molecule has 0 aliphatic carbocycles. The normalized spacial score (nSPS) is 14.3. The number of esters is 4. The molecule has 0 fully saturated rings. The van der Waals surface area contributed by atoms with Crippen molar-refractivity contribution in [3.8, 4) is 0 Å². The number of phosphoric ester groups is 2.